The van der Waals surface area contributed by atoms with Crippen LogP contribution in [0, 0.1) is 17.6 Å². The standard InChI is InChI=1S/C38H42F2N6O7/c1-19(2)29-31-22(12-13-41-29)32(52-35(48)21-10-11-21)26(47)18-51-27-9-7-8-24(39)28(27)30-25(40)16-23-33(43-36(49)46(31)34(23)42-30)45-15-14-44(17-20(45)3)37(50)53-38(4,5)6/h7-9,12-13,16,19-21,26,32,47H,10-11,14-15,17-18H2,1-6H3/t20-,26?,32?/m0/s1. The number of aromatic nitrogens is 4. The molecule has 2 bridgehead atoms. The lowest BCUT2D eigenvalue weighted by Gasteiger charge is -2.41. The van der Waals surface area contributed by atoms with E-state index in [9.17, 15) is 19.5 Å². The molecule has 7 rings (SSSR count). The van der Waals surface area contributed by atoms with Gasteiger partial charge in [-0.05, 0) is 70.7 Å². The molecule has 1 amide bonds. The Morgan fingerprint density at radius 3 is 2.51 bits per heavy atom. The Morgan fingerprint density at radius 1 is 1.08 bits per heavy atom. The van der Waals surface area contributed by atoms with Crippen LogP contribution in [0.2, 0.25) is 0 Å². The van der Waals surface area contributed by atoms with Crippen LogP contribution in [0.3, 0.4) is 0 Å². The van der Waals surface area contributed by atoms with Gasteiger partial charge >= 0.3 is 17.8 Å². The topological polar surface area (TPSA) is 149 Å². The van der Waals surface area contributed by atoms with Crippen LogP contribution in [0.4, 0.5) is 19.4 Å². The van der Waals surface area contributed by atoms with Crippen molar-refractivity contribution in [2.24, 2.45) is 5.92 Å². The zero-order valence-electron chi connectivity index (χ0n) is 30.4. The van der Waals surface area contributed by atoms with Crippen molar-refractivity contribution >= 4 is 28.9 Å². The molecule has 1 saturated heterocycles. The monoisotopic (exact) mass is 732 g/mol. The minimum Gasteiger partial charge on any atom is -0.490 e. The molecule has 4 aromatic rings. The molecule has 2 aliphatic heterocycles. The molecule has 2 unspecified atom stereocenters. The van der Waals surface area contributed by atoms with Crippen LogP contribution >= 0.6 is 0 Å². The summed E-state index contributed by atoms with van der Waals surface area (Å²) in [5.74, 6) is -2.93. The van der Waals surface area contributed by atoms with E-state index in [1.807, 2.05) is 20.8 Å². The fraction of sp³-hybridized carbons (Fsp3) is 0.474. The van der Waals surface area contributed by atoms with Gasteiger partial charge in [-0.25, -0.2) is 27.9 Å². The molecule has 2 fully saturated rings. The van der Waals surface area contributed by atoms with Crippen molar-refractivity contribution in [3.8, 4) is 22.7 Å². The number of piperazine rings is 1. The third kappa shape index (κ3) is 6.89. The Hall–Kier alpha value is -5.18. The van der Waals surface area contributed by atoms with E-state index in [-0.39, 0.29) is 70.9 Å². The average molecular weight is 733 g/mol. The number of carbonyl (C=O) groups is 2. The maximum absolute atomic E-state index is 16.5. The molecule has 5 heterocycles. The van der Waals surface area contributed by atoms with E-state index in [1.54, 1.807) is 36.6 Å². The van der Waals surface area contributed by atoms with Gasteiger partial charge in [-0.15, -0.1) is 0 Å². The molecule has 1 aliphatic carbocycles. The van der Waals surface area contributed by atoms with Gasteiger partial charge in [0, 0.05) is 37.4 Å². The second-order valence-electron chi connectivity index (χ2n) is 15.1. The summed E-state index contributed by atoms with van der Waals surface area (Å²) in [6.07, 6.45) is -0.560. The van der Waals surface area contributed by atoms with Gasteiger partial charge in [-0.2, -0.15) is 4.98 Å². The number of benzene rings is 1. The summed E-state index contributed by atoms with van der Waals surface area (Å²) < 4.78 is 50.9. The third-order valence-corrected chi connectivity index (χ3v) is 9.54. The van der Waals surface area contributed by atoms with Crippen molar-refractivity contribution in [3.05, 3.63) is 69.9 Å². The molecule has 1 saturated carbocycles. The number of esters is 1. The van der Waals surface area contributed by atoms with Crippen molar-refractivity contribution in [2.45, 2.75) is 84.2 Å². The van der Waals surface area contributed by atoms with E-state index >= 15 is 8.78 Å². The maximum atomic E-state index is 16.5. The quantitative estimate of drug-likeness (QED) is 0.268. The van der Waals surface area contributed by atoms with Crippen LogP contribution in [0.1, 0.15) is 77.7 Å². The molecular weight excluding hydrogens is 690 g/mol. The van der Waals surface area contributed by atoms with E-state index in [4.69, 9.17) is 14.2 Å². The Kier molecular flexibility index (Phi) is 9.33. The van der Waals surface area contributed by atoms with Crippen LogP contribution < -0.4 is 15.3 Å². The van der Waals surface area contributed by atoms with Gasteiger partial charge in [0.15, 0.2) is 17.6 Å². The van der Waals surface area contributed by atoms with Gasteiger partial charge in [0.05, 0.1) is 28.2 Å². The number of aliphatic hydroxyl groups excluding tert-OH is 1. The SMILES string of the molecule is CC(C)c1nccc2c1-n1c(=O)nc(N3CCN(C(=O)OC(C)(C)C)C[C@@H]3C)c3cc(F)c(nc31)-c1c(F)cccc1OCC(O)C2OC(=O)C1CC1. The second kappa shape index (κ2) is 13.7. The molecule has 13 nitrogen and oxygen atoms in total. The number of hydrogen-bond acceptors (Lipinski definition) is 11. The first-order chi connectivity index (χ1) is 25.1. The van der Waals surface area contributed by atoms with Crippen molar-refractivity contribution < 1.29 is 37.7 Å². The highest BCUT2D eigenvalue weighted by atomic mass is 19.1. The number of ether oxygens (including phenoxy) is 3. The van der Waals surface area contributed by atoms with Crippen molar-refractivity contribution in [1.82, 2.24) is 24.4 Å². The summed E-state index contributed by atoms with van der Waals surface area (Å²) in [4.78, 5) is 57.8. The van der Waals surface area contributed by atoms with E-state index in [2.05, 4.69) is 15.0 Å². The second-order valence-corrected chi connectivity index (χ2v) is 15.1. The number of nitrogens with zero attached hydrogens (tertiary/aromatic N) is 6. The molecule has 1 aromatic carbocycles. The Bertz CT molecular complexity index is 2170. The highest BCUT2D eigenvalue weighted by molar-refractivity contribution is 5.91. The van der Waals surface area contributed by atoms with E-state index in [1.165, 1.54) is 22.9 Å². The van der Waals surface area contributed by atoms with Crippen molar-refractivity contribution in [1.29, 1.82) is 0 Å². The molecule has 280 valence electrons. The fourth-order valence-electron chi connectivity index (χ4n) is 6.85. The molecule has 0 spiro atoms. The first-order valence-electron chi connectivity index (χ1n) is 17.8. The minimum atomic E-state index is -1.51. The Morgan fingerprint density at radius 2 is 1.83 bits per heavy atom. The largest absolute Gasteiger partial charge is 0.490 e. The van der Waals surface area contributed by atoms with Gasteiger partial charge in [0.25, 0.3) is 0 Å². The predicted octanol–water partition coefficient (Wildman–Crippen LogP) is 5.44. The third-order valence-electron chi connectivity index (χ3n) is 9.54. The number of amides is 1. The van der Waals surface area contributed by atoms with Crippen LogP contribution in [0.15, 0.2) is 41.3 Å². The highest BCUT2D eigenvalue weighted by Gasteiger charge is 2.39. The summed E-state index contributed by atoms with van der Waals surface area (Å²) in [5.41, 5.74) is -1.58. The number of pyridine rings is 2. The van der Waals surface area contributed by atoms with Crippen molar-refractivity contribution in [2.75, 3.05) is 31.1 Å². The van der Waals surface area contributed by atoms with Gasteiger partial charge in [-0.3, -0.25) is 9.78 Å². The van der Waals surface area contributed by atoms with Gasteiger partial charge in [0.2, 0.25) is 0 Å². The van der Waals surface area contributed by atoms with Crippen molar-refractivity contribution in [3.63, 3.8) is 0 Å². The summed E-state index contributed by atoms with van der Waals surface area (Å²) in [7, 11) is 0. The first kappa shape index (κ1) is 36.2. The average Bonchev–Trinajstić information content (AvgIpc) is 3.94. The van der Waals surface area contributed by atoms with E-state index < -0.39 is 65.5 Å². The zero-order chi connectivity index (χ0) is 37.9. The van der Waals surface area contributed by atoms with Crippen LogP contribution in [0.25, 0.3) is 28.0 Å². The number of fused-ring (bicyclic) bond motifs is 5. The van der Waals surface area contributed by atoms with Crippen LogP contribution in [-0.2, 0) is 14.3 Å². The molecule has 1 N–H and O–H groups in total. The molecule has 15 heteroatoms. The number of carbonyl (C=O) groups excluding carboxylic acids is 2. The zero-order valence-corrected chi connectivity index (χ0v) is 30.4. The Labute approximate surface area is 304 Å². The number of aliphatic hydroxyl groups is 1. The lowest BCUT2D eigenvalue weighted by atomic mass is 9.97. The highest BCUT2D eigenvalue weighted by Crippen LogP contribution is 2.41. The fourth-order valence-corrected chi connectivity index (χ4v) is 6.85. The minimum absolute atomic E-state index is 0.0779. The smallest absolute Gasteiger partial charge is 0.410 e. The van der Waals surface area contributed by atoms with Gasteiger partial charge < -0.3 is 29.1 Å². The number of hydrogen-bond donors (Lipinski definition) is 1. The lowest BCUT2D eigenvalue weighted by Crippen LogP contribution is -2.55. The number of rotatable bonds is 4. The van der Waals surface area contributed by atoms with E-state index in [0.29, 0.717) is 18.5 Å². The molecule has 53 heavy (non-hydrogen) atoms. The summed E-state index contributed by atoms with van der Waals surface area (Å²) >= 11 is 0. The van der Waals surface area contributed by atoms with E-state index in [0.717, 1.165) is 12.1 Å². The predicted molar refractivity (Wildman–Crippen MR) is 190 cm³/mol. The summed E-state index contributed by atoms with van der Waals surface area (Å²) in [5, 5.41) is 11.8. The van der Waals surface area contributed by atoms with Crippen LogP contribution in [-0.4, -0.2) is 85.6 Å². The molecule has 3 aliphatic rings. The molecule has 0 radical (unpaired) electrons. The molecule has 3 aromatic heterocycles. The first-order valence-corrected chi connectivity index (χ1v) is 17.8. The molecular formula is C38H42F2N6O7. The van der Waals surface area contributed by atoms with Gasteiger partial charge in [0.1, 0.15) is 41.4 Å². The maximum Gasteiger partial charge on any atom is 0.410 e. The molecule has 3 atom stereocenters. The number of anilines is 1. The summed E-state index contributed by atoms with van der Waals surface area (Å²) in [6, 6.07) is 6.23. The Balaban J connectivity index is 1.49. The summed E-state index contributed by atoms with van der Waals surface area (Å²) in [6.45, 7) is 11.1. The lowest BCUT2D eigenvalue weighted by molar-refractivity contribution is -0.158. The van der Waals surface area contributed by atoms with Gasteiger partial charge in [-0.1, -0.05) is 19.9 Å². The normalized spacial score (nSPS) is 20.3. The van der Waals surface area contributed by atoms with Crippen LogP contribution in [0.5, 0.6) is 5.75 Å². The number of halogens is 2.